The van der Waals surface area contributed by atoms with Crippen LogP contribution in [0.4, 0.5) is 8.78 Å². The lowest BCUT2D eigenvalue weighted by atomic mass is 9.85. The second kappa shape index (κ2) is 3.66. The predicted molar refractivity (Wildman–Crippen MR) is 42.2 cm³/mol. The Bertz CT molecular complexity index is 150. The van der Waals surface area contributed by atoms with Crippen molar-refractivity contribution < 1.29 is 13.9 Å². The lowest BCUT2D eigenvalue weighted by Gasteiger charge is -2.36. The van der Waals surface area contributed by atoms with Crippen LogP contribution in [0.2, 0.25) is 0 Å². The molecule has 1 rings (SSSR count). The Hall–Kier alpha value is -0.220. The number of aliphatic hydroxyl groups is 1. The van der Waals surface area contributed by atoms with Crippen molar-refractivity contribution >= 4 is 0 Å². The molecule has 1 fully saturated rings. The van der Waals surface area contributed by atoms with Crippen molar-refractivity contribution in [1.29, 1.82) is 0 Å². The van der Waals surface area contributed by atoms with Gasteiger partial charge < -0.3 is 10.4 Å². The van der Waals surface area contributed by atoms with Crippen molar-refractivity contribution in [2.45, 2.75) is 19.3 Å². The highest BCUT2D eigenvalue weighted by Crippen LogP contribution is 2.36. The maximum Gasteiger partial charge on any atom is 0.255 e. The van der Waals surface area contributed by atoms with Gasteiger partial charge in [-0.1, -0.05) is 6.92 Å². The summed E-state index contributed by atoms with van der Waals surface area (Å²) in [5, 5.41) is 11.5. The fourth-order valence-electron chi connectivity index (χ4n) is 1.60. The lowest BCUT2D eigenvalue weighted by molar-refractivity contribution is -0.122. The van der Waals surface area contributed by atoms with Crippen molar-refractivity contribution in [2.24, 2.45) is 11.8 Å². The van der Waals surface area contributed by atoms with E-state index in [1.165, 1.54) is 6.92 Å². The average Bonchev–Trinajstić information content (AvgIpc) is 2.00. The first-order chi connectivity index (χ1) is 5.59. The van der Waals surface area contributed by atoms with Crippen LogP contribution >= 0.6 is 0 Å². The summed E-state index contributed by atoms with van der Waals surface area (Å²) in [6.07, 6.45) is 0.185. The number of rotatable bonds is 2. The number of hydrogen-bond donors (Lipinski definition) is 2. The summed E-state index contributed by atoms with van der Waals surface area (Å²) in [5.74, 6) is -3.94. The van der Waals surface area contributed by atoms with Crippen molar-refractivity contribution in [3.8, 4) is 0 Å². The van der Waals surface area contributed by atoms with Gasteiger partial charge in [0.15, 0.2) is 0 Å². The molecule has 0 amide bonds. The Balaban J connectivity index is 2.59. The summed E-state index contributed by atoms with van der Waals surface area (Å²) >= 11 is 0. The molecule has 0 aromatic rings. The van der Waals surface area contributed by atoms with Gasteiger partial charge in [0.05, 0.1) is 0 Å². The third kappa shape index (κ3) is 1.75. The summed E-state index contributed by atoms with van der Waals surface area (Å²) < 4.78 is 26.6. The van der Waals surface area contributed by atoms with E-state index in [4.69, 9.17) is 5.11 Å². The molecule has 0 saturated carbocycles. The summed E-state index contributed by atoms with van der Waals surface area (Å²) in [6.45, 7) is 2.07. The van der Waals surface area contributed by atoms with Crippen LogP contribution in [0, 0.1) is 11.8 Å². The van der Waals surface area contributed by atoms with E-state index in [-0.39, 0.29) is 13.0 Å². The fraction of sp³-hybridized carbons (Fsp3) is 1.00. The molecule has 0 unspecified atom stereocenters. The monoisotopic (exact) mass is 179 g/mol. The maximum atomic E-state index is 13.3. The molecule has 1 aliphatic heterocycles. The molecule has 2 atom stereocenters. The number of aliphatic hydroxyl groups excluding tert-OH is 1. The standard InChI is InChI=1S/C8H15F2NO/c1-6-4-11-5-7(2-3-12)8(6,9)10/h6-7,11-12H,2-5H2,1H3/t6-,7+/m1/s1. The predicted octanol–water partition coefficient (Wildman–Crippen LogP) is 0.860. The molecular weight excluding hydrogens is 164 g/mol. The van der Waals surface area contributed by atoms with Crippen LogP contribution in [0.1, 0.15) is 13.3 Å². The van der Waals surface area contributed by atoms with Crippen LogP contribution in [0.15, 0.2) is 0 Å². The largest absolute Gasteiger partial charge is 0.396 e. The molecular formula is C8H15F2NO. The van der Waals surface area contributed by atoms with Gasteiger partial charge in [0, 0.05) is 31.5 Å². The molecule has 2 N–H and O–H groups in total. The molecule has 1 saturated heterocycles. The van der Waals surface area contributed by atoms with Gasteiger partial charge >= 0.3 is 0 Å². The van der Waals surface area contributed by atoms with Gasteiger partial charge in [0.1, 0.15) is 0 Å². The minimum Gasteiger partial charge on any atom is -0.396 e. The van der Waals surface area contributed by atoms with Gasteiger partial charge in [-0.3, -0.25) is 0 Å². The number of piperidine rings is 1. The maximum absolute atomic E-state index is 13.3. The molecule has 1 heterocycles. The van der Waals surface area contributed by atoms with Crippen LogP contribution in [0.5, 0.6) is 0 Å². The van der Waals surface area contributed by atoms with E-state index in [9.17, 15) is 8.78 Å². The number of alkyl halides is 2. The number of halogens is 2. The molecule has 2 nitrogen and oxygen atoms in total. The molecule has 0 radical (unpaired) electrons. The highest BCUT2D eigenvalue weighted by molar-refractivity contribution is 4.88. The first-order valence-corrected chi connectivity index (χ1v) is 4.28. The molecule has 4 heteroatoms. The minimum absolute atomic E-state index is 0.158. The number of hydrogen-bond acceptors (Lipinski definition) is 2. The van der Waals surface area contributed by atoms with Crippen LogP contribution < -0.4 is 5.32 Å². The van der Waals surface area contributed by atoms with E-state index in [1.807, 2.05) is 0 Å². The average molecular weight is 179 g/mol. The van der Waals surface area contributed by atoms with Crippen LogP contribution in [-0.4, -0.2) is 30.7 Å². The second-order valence-electron chi connectivity index (χ2n) is 3.44. The zero-order valence-electron chi connectivity index (χ0n) is 7.19. The highest BCUT2D eigenvalue weighted by atomic mass is 19.3. The third-order valence-electron chi connectivity index (χ3n) is 2.52. The molecule has 0 bridgehead atoms. The summed E-state index contributed by atoms with van der Waals surface area (Å²) in [4.78, 5) is 0. The number of nitrogens with one attached hydrogen (secondary N) is 1. The van der Waals surface area contributed by atoms with E-state index in [1.54, 1.807) is 0 Å². The summed E-state index contributed by atoms with van der Waals surface area (Å²) in [5.41, 5.74) is 0. The quantitative estimate of drug-likeness (QED) is 0.659. The second-order valence-corrected chi connectivity index (χ2v) is 3.44. The van der Waals surface area contributed by atoms with Gasteiger partial charge in [-0.2, -0.15) is 0 Å². The van der Waals surface area contributed by atoms with E-state index in [0.29, 0.717) is 13.1 Å². The van der Waals surface area contributed by atoms with Crippen molar-refractivity contribution in [3.05, 3.63) is 0 Å². The van der Waals surface area contributed by atoms with Gasteiger partial charge in [-0.15, -0.1) is 0 Å². The Kier molecular flexibility index (Phi) is 3.01. The van der Waals surface area contributed by atoms with Crippen LogP contribution in [-0.2, 0) is 0 Å². The lowest BCUT2D eigenvalue weighted by Crippen LogP contribution is -2.50. The van der Waals surface area contributed by atoms with Crippen molar-refractivity contribution in [3.63, 3.8) is 0 Å². The molecule has 1 aliphatic rings. The van der Waals surface area contributed by atoms with E-state index in [0.717, 1.165) is 0 Å². The van der Waals surface area contributed by atoms with Gasteiger partial charge in [0.25, 0.3) is 5.92 Å². The first-order valence-electron chi connectivity index (χ1n) is 4.28. The molecule has 72 valence electrons. The van der Waals surface area contributed by atoms with Crippen molar-refractivity contribution in [1.82, 2.24) is 5.32 Å². The van der Waals surface area contributed by atoms with Gasteiger partial charge in [-0.25, -0.2) is 8.78 Å². The summed E-state index contributed by atoms with van der Waals surface area (Å²) in [7, 11) is 0. The van der Waals surface area contributed by atoms with Gasteiger partial charge in [0.2, 0.25) is 0 Å². The smallest absolute Gasteiger partial charge is 0.255 e. The van der Waals surface area contributed by atoms with Crippen LogP contribution in [0.3, 0.4) is 0 Å². The molecule has 0 spiro atoms. The van der Waals surface area contributed by atoms with E-state index in [2.05, 4.69) is 5.32 Å². The first kappa shape index (κ1) is 9.86. The minimum atomic E-state index is -2.62. The molecule has 0 aromatic heterocycles. The van der Waals surface area contributed by atoms with Gasteiger partial charge in [-0.05, 0) is 6.42 Å². The van der Waals surface area contributed by atoms with Crippen molar-refractivity contribution in [2.75, 3.05) is 19.7 Å². The SMILES string of the molecule is C[C@@H]1CNC[C@H](CCO)C1(F)F. The van der Waals surface area contributed by atoms with E-state index < -0.39 is 17.8 Å². The Labute approximate surface area is 71.0 Å². The zero-order chi connectivity index (χ0) is 9.19. The highest BCUT2D eigenvalue weighted by Gasteiger charge is 2.46. The zero-order valence-corrected chi connectivity index (χ0v) is 7.19. The Morgan fingerprint density at radius 2 is 2.17 bits per heavy atom. The Morgan fingerprint density at radius 1 is 1.50 bits per heavy atom. The topological polar surface area (TPSA) is 32.3 Å². The summed E-state index contributed by atoms with van der Waals surface area (Å²) in [6, 6.07) is 0. The molecule has 0 aromatic carbocycles. The fourth-order valence-corrected chi connectivity index (χ4v) is 1.60. The molecule has 12 heavy (non-hydrogen) atoms. The Morgan fingerprint density at radius 3 is 2.75 bits per heavy atom. The normalized spacial score (nSPS) is 35.0. The molecule has 0 aliphatic carbocycles. The third-order valence-corrected chi connectivity index (χ3v) is 2.52. The van der Waals surface area contributed by atoms with E-state index >= 15 is 0 Å². The van der Waals surface area contributed by atoms with Crippen LogP contribution in [0.25, 0.3) is 0 Å².